The second-order valence-electron chi connectivity index (χ2n) is 4.73. The molecular weight excluding hydrogens is 256 g/mol. The van der Waals surface area contributed by atoms with Crippen molar-refractivity contribution in [2.45, 2.75) is 12.5 Å². The highest BCUT2D eigenvalue weighted by Crippen LogP contribution is 2.21. The number of rotatable bonds is 3. The molecule has 0 spiro atoms. The summed E-state index contributed by atoms with van der Waals surface area (Å²) >= 11 is 0. The van der Waals surface area contributed by atoms with E-state index in [9.17, 15) is 9.59 Å². The second-order valence-corrected chi connectivity index (χ2v) is 4.73. The molecule has 0 radical (unpaired) electrons. The molecule has 1 unspecified atom stereocenters. The molecule has 1 aromatic carbocycles. The van der Waals surface area contributed by atoms with Gasteiger partial charge in [0.25, 0.3) is 5.91 Å². The van der Waals surface area contributed by atoms with Crippen LogP contribution in [0.5, 0.6) is 0 Å². The Hall–Kier alpha value is -2.56. The molecule has 1 aliphatic heterocycles. The van der Waals surface area contributed by atoms with Crippen LogP contribution < -0.4 is 10.2 Å². The van der Waals surface area contributed by atoms with Crippen LogP contribution in [0.3, 0.4) is 0 Å². The van der Waals surface area contributed by atoms with Crippen molar-refractivity contribution in [1.29, 1.82) is 0 Å². The van der Waals surface area contributed by atoms with Gasteiger partial charge in [-0.05, 0) is 18.2 Å². The smallest absolute Gasteiger partial charge is 0.254 e. The fourth-order valence-corrected chi connectivity index (χ4v) is 2.32. The number of carbonyl (C=O) groups is 2. The highest BCUT2D eigenvalue weighted by Gasteiger charge is 2.31. The standard InChI is InChI=1S/C15H14N2O3/c18-14-8-12(16-15(19)11-6-7-20-10-11)9-17(14)13-4-2-1-3-5-13/h1-7,10,12H,8-9H2,(H,16,19). The Morgan fingerprint density at radius 1 is 1.25 bits per heavy atom. The monoisotopic (exact) mass is 270 g/mol. The average Bonchev–Trinajstić information content (AvgIpc) is 3.09. The number of furan rings is 1. The van der Waals surface area contributed by atoms with Gasteiger partial charge < -0.3 is 14.6 Å². The molecule has 102 valence electrons. The van der Waals surface area contributed by atoms with E-state index in [0.29, 0.717) is 18.5 Å². The van der Waals surface area contributed by atoms with Gasteiger partial charge in [-0.15, -0.1) is 0 Å². The molecule has 5 nitrogen and oxygen atoms in total. The van der Waals surface area contributed by atoms with Crippen molar-refractivity contribution in [2.24, 2.45) is 0 Å². The van der Waals surface area contributed by atoms with Crippen molar-refractivity contribution < 1.29 is 14.0 Å². The number of anilines is 1. The molecule has 2 aromatic rings. The van der Waals surface area contributed by atoms with Crippen LogP contribution in [0.15, 0.2) is 53.3 Å². The lowest BCUT2D eigenvalue weighted by Crippen LogP contribution is -2.37. The Morgan fingerprint density at radius 3 is 2.75 bits per heavy atom. The quantitative estimate of drug-likeness (QED) is 0.925. The second kappa shape index (κ2) is 5.21. The van der Waals surface area contributed by atoms with E-state index in [4.69, 9.17) is 4.42 Å². The van der Waals surface area contributed by atoms with Gasteiger partial charge in [-0.3, -0.25) is 9.59 Å². The van der Waals surface area contributed by atoms with E-state index in [1.54, 1.807) is 11.0 Å². The summed E-state index contributed by atoms with van der Waals surface area (Å²) in [6.45, 7) is 0.492. The third kappa shape index (κ3) is 2.42. The highest BCUT2D eigenvalue weighted by molar-refractivity contribution is 5.98. The molecule has 3 rings (SSSR count). The van der Waals surface area contributed by atoms with E-state index < -0.39 is 0 Å². The van der Waals surface area contributed by atoms with Crippen LogP contribution in [0.4, 0.5) is 5.69 Å². The molecule has 0 saturated carbocycles. The Kier molecular flexibility index (Phi) is 3.25. The molecule has 1 atom stereocenters. The van der Waals surface area contributed by atoms with E-state index in [1.165, 1.54) is 12.5 Å². The van der Waals surface area contributed by atoms with E-state index in [0.717, 1.165) is 5.69 Å². The molecule has 5 heteroatoms. The lowest BCUT2D eigenvalue weighted by atomic mass is 10.2. The van der Waals surface area contributed by atoms with Crippen LogP contribution in [-0.4, -0.2) is 24.4 Å². The van der Waals surface area contributed by atoms with Crippen LogP contribution in [0, 0.1) is 0 Å². The van der Waals surface area contributed by atoms with Crippen LogP contribution >= 0.6 is 0 Å². The first kappa shape index (κ1) is 12.5. The Bertz CT molecular complexity index is 607. The Balaban J connectivity index is 1.67. The maximum absolute atomic E-state index is 12.0. The van der Waals surface area contributed by atoms with Crippen LogP contribution in [0.2, 0.25) is 0 Å². The number of para-hydroxylation sites is 1. The predicted octanol–water partition coefficient (Wildman–Crippen LogP) is 1.81. The van der Waals surface area contributed by atoms with Gasteiger partial charge >= 0.3 is 0 Å². The SMILES string of the molecule is O=C(NC1CC(=O)N(c2ccccc2)C1)c1ccoc1. The number of carbonyl (C=O) groups excluding carboxylic acids is 2. The summed E-state index contributed by atoms with van der Waals surface area (Å²) in [5.41, 5.74) is 1.33. The van der Waals surface area contributed by atoms with Gasteiger partial charge in [-0.25, -0.2) is 0 Å². The molecule has 1 N–H and O–H groups in total. The molecule has 0 bridgehead atoms. The first-order chi connectivity index (χ1) is 9.74. The van der Waals surface area contributed by atoms with E-state index in [1.807, 2.05) is 30.3 Å². The Morgan fingerprint density at radius 2 is 2.05 bits per heavy atom. The number of amides is 2. The van der Waals surface area contributed by atoms with Crippen molar-refractivity contribution >= 4 is 17.5 Å². The molecule has 0 aliphatic carbocycles. The zero-order valence-electron chi connectivity index (χ0n) is 10.8. The van der Waals surface area contributed by atoms with Crippen LogP contribution in [-0.2, 0) is 4.79 Å². The average molecular weight is 270 g/mol. The minimum atomic E-state index is -0.216. The number of hydrogen-bond donors (Lipinski definition) is 1. The molecular formula is C15H14N2O3. The van der Waals surface area contributed by atoms with Crippen molar-refractivity contribution in [2.75, 3.05) is 11.4 Å². The molecule has 20 heavy (non-hydrogen) atoms. The number of benzene rings is 1. The molecule has 2 amide bonds. The zero-order chi connectivity index (χ0) is 13.9. The van der Waals surface area contributed by atoms with E-state index in [2.05, 4.69) is 5.32 Å². The lowest BCUT2D eigenvalue weighted by molar-refractivity contribution is -0.117. The van der Waals surface area contributed by atoms with Crippen LogP contribution in [0.25, 0.3) is 0 Å². The van der Waals surface area contributed by atoms with Gasteiger partial charge in [0.05, 0.1) is 17.9 Å². The van der Waals surface area contributed by atoms with Crippen molar-refractivity contribution in [3.63, 3.8) is 0 Å². The topological polar surface area (TPSA) is 62.6 Å². The molecule has 2 heterocycles. The van der Waals surface area contributed by atoms with Crippen LogP contribution in [0.1, 0.15) is 16.8 Å². The molecule has 1 saturated heterocycles. The fourth-order valence-electron chi connectivity index (χ4n) is 2.32. The lowest BCUT2D eigenvalue weighted by Gasteiger charge is -2.16. The molecule has 1 aromatic heterocycles. The minimum absolute atomic E-state index is 0.0219. The molecule has 1 aliphatic rings. The number of hydrogen-bond acceptors (Lipinski definition) is 3. The van der Waals surface area contributed by atoms with Gasteiger partial charge in [-0.1, -0.05) is 18.2 Å². The van der Waals surface area contributed by atoms with Gasteiger partial charge in [-0.2, -0.15) is 0 Å². The summed E-state index contributed by atoms with van der Waals surface area (Å²) in [5.74, 6) is -0.194. The van der Waals surface area contributed by atoms with Gasteiger partial charge in [0, 0.05) is 18.7 Å². The zero-order valence-corrected chi connectivity index (χ0v) is 10.8. The van der Waals surface area contributed by atoms with E-state index in [-0.39, 0.29) is 17.9 Å². The normalized spacial score (nSPS) is 18.3. The van der Waals surface area contributed by atoms with Crippen molar-refractivity contribution in [1.82, 2.24) is 5.32 Å². The number of nitrogens with zero attached hydrogens (tertiary/aromatic N) is 1. The van der Waals surface area contributed by atoms with Crippen molar-refractivity contribution in [3.05, 3.63) is 54.5 Å². The third-order valence-electron chi connectivity index (χ3n) is 3.31. The third-order valence-corrected chi connectivity index (χ3v) is 3.31. The largest absolute Gasteiger partial charge is 0.472 e. The first-order valence-corrected chi connectivity index (χ1v) is 6.42. The summed E-state index contributed by atoms with van der Waals surface area (Å²) in [5, 5.41) is 2.85. The predicted molar refractivity (Wildman–Crippen MR) is 73.4 cm³/mol. The summed E-state index contributed by atoms with van der Waals surface area (Å²) in [4.78, 5) is 25.6. The summed E-state index contributed by atoms with van der Waals surface area (Å²) < 4.78 is 4.87. The summed E-state index contributed by atoms with van der Waals surface area (Å²) in [6.07, 6.45) is 3.16. The first-order valence-electron chi connectivity index (χ1n) is 6.42. The van der Waals surface area contributed by atoms with Crippen molar-refractivity contribution in [3.8, 4) is 0 Å². The van der Waals surface area contributed by atoms with Gasteiger partial charge in [0.1, 0.15) is 6.26 Å². The molecule has 1 fully saturated rings. The van der Waals surface area contributed by atoms with E-state index >= 15 is 0 Å². The number of nitrogens with one attached hydrogen (secondary N) is 1. The highest BCUT2D eigenvalue weighted by atomic mass is 16.3. The summed E-state index contributed by atoms with van der Waals surface area (Å²) in [7, 11) is 0. The maximum Gasteiger partial charge on any atom is 0.254 e. The minimum Gasteiger partial charge on any atom is -0.472 e. The maximum atomic E-state index is 12.0. The summed E-state index contributed by atoms with van der Waals surface area (Å²) in [6, 6.07) is 10.9. The van der Waals surface area contributed by atoms with Gasteiger partial charge in [0.15, 0.2) is 0 Å². The fraction of sp³-hybridized carbons (Fsp3) is 0.200. The van der Waals surface area contributed by atoms with Gasteiger partial charge in [0.2, 0.25) is 5.91 Å². The Labute approximate surface area is 116 Å².